The maximum absolute atomic E-state index is 8.83. The molecule has 0 aliphatic heterocycles. The first kappa shape index (κ1) is 13.6. The van der Waals surface area contributed by atoms with Gasteiger partial charge in [0.1, 0.15) is 5.75 Å². The minimum atomic E-state index is 0.574. The first-order valence-corrected chi connectivity index (χ1v) is 5.97. The summed E-state index contributed by atoms with van der Waals surface area (Å²) in [6.07, 6.45) is 1.02. The van der Waals surface area contributed by atoms with Crippen molar-refractivity contribution in [2.45, 2.75) is 34.1 Å². The summed E-state index contributed by atoms with van der Waals surface area (Å²) in [5.41, 5.74) is 2.56. The van der Waals surface area contributed by atoms with Crippen LogP contribution < -0.4 is 4.74 Å². The number of rotatable bonds is 5. The minimum Gasteiger partial charge on any atom is -0.493 e. The molecule has 0 saturated heterocycles. The van der Waals surface area contributed by atoms with E-state index in [0.29, 0.717) is 18.2 Å². The minimum absolute atomic E-state index is 0.574. The second kappa shape index (κ2) is 6.28. The maximum Gasteiger partial charge on any atom is 0.128 e. The van der Waals surface area contributed by atoms with Crippen molar-refractivity contribution in [1.29, 1.82) is 0 Å². The van der Waals surface area contributed by atoms with Gasteiger partial charge in [-0.15, -0.1) is 0 Å². The van der Waals surface area contributed by atoms with Crippen LogP contribution in [0.1, 0.15) is 38.3 Å². The fourth-order valence-corrected chi connectivity index (χ4v) is 1.51. The molecule has 0 amide bonds. The van der Waals surface area contributed by atoms with Crippen LogP contribution in [0.3, 0.4) is 0 Å². The van der Waals surface area contributed by atoms with Crippen molar-refractivity contribution in [2.75, 3.05) is 6.61 Å². The van der Waals surface area contributed by atoms with Gasteiger partial charge in [0.15, 0.2) is 0 Å². The quantitative estimate of drug-likeness (QED) is 0.481. The van der Waals surface area contributed by atoms with Crippen molar-refractivity contribution < 1.29 is 9.94 Å². The van der Waals surface area contributed by atoms with Gasteiger partial charge in [-0.25, -0.2) is 0 Å². The lowest BCUT2D eigenvalue weighted by atomic mass is 10.1. The molecule has 1 aromatic rings. The summed E-state index contributed by atoms with van der Waals surface area (Å²) in [5, 5.41) is 12.1. The van der Waals surface area contributed by atoms with E-state index in [4.69, 9.17) is 9.94 Å². The monoisotopic (exact) mass is 235 g/mol. The first-order chi connectivity index (χ1) is 8.04. The molecule has 1 aromatic carbocycles. The van der Waals surface area contributed by atoms with Crippen LogP contribution in [0, 0.1) is 12.8 Å². The summed E-state index contributed by atoms with van der Waals surface area (Å²) in [6, 6.07) is 5.89. The molecule has 0 unspecified atom stereocenters. The highest BCUT2D eigenvalue weighted by Gasteiger charge is 2.08. The molecule has 17 heavy (non-hydrogen) atoms. The van der Waals surface area contributed by atoms with E-state index in [1.807, 2.05) is 25.1 Å². The molecule has 0 aliphatic rings. The predicted molar refractivity (Wildman–Crippen MR) is 70.1 cm³/mol. The molecule has 3 nitrogen and oxygen atoms in total. The Morgan fingerprint density at radius 1 is 1.41 bits per heavy atom. The van der Waals surface area contributed by atoms with Crippen molar-refractivity contribution in [3.8, 4) is 5.75 Å². The third-order valence-corrected chi connectivity index (χ3v) is 2.63. The van der Waals surface area contributed by atoms with Crippen LogP contribution in [0.2, 0.25) is 0 Å². The Balaban J connectivity index is 2.84. The third kappa shape index (κ3) is 4.10. The smallest absolute Gasteiger partial charge is 0.128 e. The largest absolute Gasteiger partial charge is 0.493 e. The van der Waals surface area contributed by atoms with Crippen molar-refractivity contribution in [1.82, 2.24) is 0 Å². The van der Waals surface area contributed by atoms with Gasteiger partial charge < -0.3 is 9.94 Å². The zero-order valence-electron chi connectivity index (χ0n) is 11.0. The molecule has 1 rings (SSSR count). The first-order valence-electron chi connectivity index (χ1n) is 5.97. The molecule has 1 N–H and O–H groups in total. The number of oxime groups is 1. The molecule has 0 spiro atoms. The highest BCUT2D eigenvalue weighted by molar-refractivity contribution is 6.00. The molecule has 3 heteroatoms. The van der Waals surface area contributed by atoms with Crippen LogP contribution in [0.15, 0.2) is 23.4 Å². The molecule has 0 aliphatic carbocycles. The maximum atomic E-state index is 8.83. The number of aryl methyl sites for hydroxylation is 1. The third-order valence-electron chi connectivity index (χ3n) is 2.63. The van der Waals surface area contributed by atoms with Crippen molar-refractivity contribution in [2.24, 2.45) is 11.1 Å². The molecular formula is C14H21NO2. The Morgan fingerprint density at radius 2 is 2.12 bits per heavy atom. The van der Waals surface area contributed by atoms with Gasteiger partial charge in [-0.05, 0) is 43.9 Å². The summed E-state index contributed by atoms with van der Waals surface area (Å²) in [7, 11) is 0. The Kier molecular flexibility index (Phi) is 5.01. The standard InChI is InChI=1S/C14H21NO2/c1-10(2)7-8-17-14-9-11(3)5-6-13(14)12(4)15-16/h5-6,9-10,16H,7-8H2,1-4H3. The number of ether oxygens (including phenoxy) is 1. The van der Waals surface area contributed by atoms with E-state index >= 15 is 0 Å². The zero-order valence-corrected chi connectivity index (χ0v) is 11.0. The van der Waals surface area contributed by atoms with Gasteiger partial charge in [-0.3, -0.25) is 0 Å². The average Bonchev–Trinajstić information content (AvgIpc) is 2.28. The SMILES string of the molecule is CC(=NO)c1ccc(C)cc1OCCC(C)C. The van der Waals surface area contributed by atoms with Gasteiger partial charge in [0, 0.05) is 5.56 Å². The number of benzene rings is 1. The van der Waals surface area contributed by atoms with Crippen LogP contribution in [0.25, 0.3) is 0 Å². The highest BCUT2D eigenvalue weighted by atomic mass is 16.5. The lowest BCUT2D eigenvalue weighted by Gasteiger charge is -2.12. The average molecular weight is 235 g/mol. The molecule has 0 atom stereocenters. The molecule has 0 heterocycles. The molecule has 0 bridgehead atoms. The van der Waals surface area contributed by atoms with Crippen molar-refractivity contribution >= 4 is 5.71 Å². The molecular weight excluding hydrogens is 214 g/mol. The van der Waals surface area contributed by atoms with E-state index in [-0.39, 0.29) is 0 Å². The van der Waals surface area contributed by atoms with Crippen LogP contribution in [0.5, 0.6) is 5.75 Å². The number of nitrogens with zero attached hydrogens (tertiary/aromatic N) is 1. The van der Waals surface area contributed by atoms with Gasteiger partial charge in [-0.1, -0.05) is 25.1 Å². The van der Waals surface area contributed by atoms with Crippen LogP contribution >= 0.6 is 0 Å². The van der Waals surface area contributed by atoms with Crippen molar-refractivity contribution in [3.05, 3.63) is 29.3 Å². The summed E-state index contributed by atoms with van der Waals surface area (Å²) >= 11 is 0. The van der Waals surface area contributed by atoms with Crippen LogP contribution in [-0.2, 0) is 0 Å². The second-order valence-electron chi connectivity index (χ2n) is 4.72. The second-order valence-corrected chi connectivity index (χ2v) is 4.72. The Morgan fingerprint density at radius 3 is 2.71 bits per heavy atom. The Bertz CT molecular complexity index is 397. The van der Waals surface area contributed by atoms with E-state index in [1.165, 1.54) is 0 Å². The fraction of sp³-hybridized carbons (Fsp3) is 0.500. The summed E-state index contributed by atoms with van der Waals surface area (Å²) in [5.74, 6) is 1.41. The molecule has 0 aromatic heterocycles. The van der Waals surface area contributed by atoms with Gasteiger partial charge in [0.2, 0.25) is 0 Å². The molecule has 0 saturated carbocycles. The number of hydrogen-bond donors (Lipinski definition) is 1. The molecule has 0 radical (unpaired) electrons. The van der Waals surface area contributed by atoms with E-state index in [1.54, 1.807) is 6.92 Å². The lowest BCUT2D eigenvalue weighted by molar-refractivity contribution is 0.288. The highest BCUT2D eigenvalue weighted by Crippen LogP contribution is 2.21. The van der Waals surface area contributed by atoms with Crippen molar-refractivity contribution in [3.63, 3.8) is 0 Å². The normalized spacial score (nSPS) is 11.9. The summed E-state index contributed by atoms with van der Waals surface area (Å²) in [6.45, 7) is 8.80. The van der Waals surface area contributed by atoms with Crippen LogP contribution in [-0.4, -0.2) is 17.5 Å². The number of hydrogen-bond acceptors (Lipinski definition) is 3. The molecule has 94 valence electrons. The lowest BCUT2D eigenvalue weighted by Crippen LogP contribution is -2.06. The van der Waals surface area contributed by atoms with Gasteiger partial charge in [-0.2, -0.15) is 0 Å². The van der Waals surface area contributed by atoms with E-state index in [0.717, 1.165) is 23.3 Å². The van der Waals surface area contributed by atoms with Gasteiger partial charge in [0.25, 0.3) is 0 Å². The zero-order chi connectivity index (χ0) is 12.8. The fourth-order valence-electron chi connectivity index (χ4n) is 1.51. The van der Waals surface area contributed by atoms with E-state index in [9.17, 15) is 0 Å². The predicted octanol–water partition coefficient (Wildman–Crippen LogP) is 3.62. The Labute approximate surface area is 103 Å². The van der Waals surface area contributed by atoms with Crippen LogP contribution in [0.4, 0.5) is 0 Å². The van der Waals surface area contributed by atoms with Gasteiger partial charge >= 0.3 is 0 Å². The summed E-state index contributed by atoms with van der Waals surface area (Å²) in [4.78, 5) is 0. The Hall–Kier alpha value is -1.51. The summed E-state index contributed by atoms with van der Waals surface area (Å²) < 4.78 is 5.76. The topological polar surface area (TPSA) is 41.8 Å². The molecule has 0 fully saturated rings. The van der Waals surface area contributed by atoms with E-state index < -0.39 is 0 Å². The van der Waals surface area contributed by atoms with E-state index in [2.05, 4.69) is 19.0 Å². The van der Waals surface area contributed by atoms with Gasteiger partial charge in [0.05, 0.1) is 12.3 Å².